The molecule has 20 heavy (non-hydrogen) atoms. The fraction of sp³-hybridized carbons (Fsp3) is 0.500. The number of carbonyl (C=O) groups is 1. The predicted octanol–water partition coefficient (Wildman–Crippen LogP) is 1.64. The van der Waals surface area contributed by atoms with Crippen molar-refractivity contribution in [2.24, 2.45) is 0 Å². The van der Waals surface area contributed by atoms with Crippen LogP contribution in [-0.2, 0) is 9.47 Å². The van der Waals surface area contributed by atoms with Crippen LogP contribution in [0.1, 0.15) is 10.4 Å². The van der Waals surface area contributed by atoms with E-state index < -0.39 is 18.2 Å². The highest BCUT2D eigenvalue weighted by Gasteiger charge is 2.43. The lowest BCUT2D eigenvalue weighted by atomic mass is 10.2. The zero-order chi connectivity index (χ0) is 14.8. The SMILES string of the molecule is COC(=O)c1ccc(N2CCO[C@H](C(F)(F)F)C2)nc1. The topological polar surface area (TPSA) is 51.7 Å². The molecular formula is C12H13F3N2O3. The van der Waals surface area contributed by atoms with E-state index in [2.05, 4.69) is 9.72 Å². The molecule has 1 atom stereocenters. The Hall–Kier alpha value is -1.83. The Kier molecular flexibility index (Phi) is 4.12. The van der Waals surface area contributed by atoms with Crippen LogP contribution in [0.5, 0.6) is 0 Å². The minimum atomic E-state index is -4.40. The summed E-state index contributed by atoms with van der Waals surface area (Å²) in [7, 11) is 1.24. The number of aromatic nitrogens is 1. The maximum atomic E-state index is 12.6. The van der Waals surface area contributed by atoms with Gasteiger partial charge in [-0.1, -0.05) is 0 Å². The summed E-state index contributed by atoms with van der Waals surface area (Å²) in [6.07, 6.45) is -4.94. The van der Waals surface area contributed by atoms with Gasteiger partial charge in [0.2, 0.25) is 0 Å². The first-order valence-electron chi connectivity index (χ1n) is 5.89. The molecule has 0 bridgehead atoms. The first kappa shape index (κ1) is 14.6. The Morgan fingerprint density at radius 2 is 2.25 bits per heavy atom. The lowest BCUT2D eigenvalue weighted by Crippen LogP contribution is -2.49. The molecule has 1 aromatic rings. The summed E-state index contributed by atoms with van der Waals surface area (Å²) >= 11 is 0. The molecule has 1 aromatic heterocycles. The maximum Gasteiger partial charge on any atom is 0.416 e. The van der Waals surface area contributed by atoms with Gasteiger partial charge < -0.3 is 14.4 Å². The largest absolute Gasteiger partial charge is 0.465 e. The number of pyridine rings is 1. The normalized spacial score (nSPS) is 19.8. The average Bonchev–Trinajstić information content (AvgIpc) is 2.46. The number of nitrogens with zero attached hydrogens (tertiary/aromatic N) is 2. The van der Waals surface area contributed by atoms with Crippen LogP contribution < -0.4 is 4.90 Å². The third kappa shape index (κ3) is 3.19. The van der Waals surface area contributed by atoms with Gasteiger partial charge in [0, 0.05) is 12.7 Å². The molecule has 2 heterocycles. The lowest BCUT2D eigenvalue weighted by molar-refractivity contribution is -0.221. The molecule has 1 aliphatic rings. The number of hydrogen-bond acceptors (Lipinski definition) is 5. The number of esters is 1. The first-order valence-corrected chi connectivity index (χ1v) is 5.89. The summed E-state index contributed by atoms with van der Waals surface area (Å²) < 4.78 is 47.1. The summed E-state index contributed by atoms with van der Waals surface area (Å²) in [5, 5.41) is 0. The van der Waals surface area contributed by atoms with Gasteiger partial charge in [0.1, 0.15) is 5.82 Å². The van der Waals surface area contributed by atoms with E-state index in [-0.39, 0.29) is 18.7 Å². The minimum Gasteiger partial charge on any atom is -0.465 e. The summed E-state index contributed by atoms with van der Waals surface area (Å²) in [5.41, 5.74) is 0.247. The van der Waals surface area contributed by atoms with E-state index in [0.717, 1.165) is 0 Å². The summed E-state index contributed by atoms with van der Waals surface area (Å²) in [5.74, 6) is -0.172. The molecule has 0 radical (unpaired) electrons. The van der Waals surface area contributed by atoms with Gasteiger partial charge in [-0.3, -0.25) is 0 Å². The molecule has 0 N–H and O–H groups in total. The zero-order valence-corrected chi connectivity index (χ0v) is 10.7. The molecule has 1 saturated heterocycles. The van der Waals surface area contributed by atoms with Crippen LogP contribution in [0, 0.1) is 0 Å². The van der Waals surface area contributed by atoms with Gasteiger partial charge in [-0.15, -0.1) is 0 Å². The molecular weight excluding hydrogens is 277 g/mol. The Bertz CT molecular complexity index is 476. The van der Waals surface area contributed by atoms with Crippen molar-refractivity contribution in [3.05, 3.63) is 23.9 Å². The van der Waals surface area contributed by atoms with Crippen LogP contribution in [-0.4, -0.2) is 50.0 Å². The van der Waals surface area contributed by atoms with Gasteiger partial charge in [0.15, 0.2) is 6.10 Å². The number of rotatable bonds is 2. The number of hydrogen-bond donors (Lipinski definition) is 0. The lowest BCUT2D eigenvalue weighted by Gasteiger charge is -2.34. The molecule has 0 amide bonds. The second kappa shape index (κ2) is 5.66. The van der Waals surface area contributed by atoms with Crippen molar-refractivity contribution in [1.82, 2.24) is 4.98 Å². The molecule has 1 aliphatic heterocycles. The van der Waals surface area contributed by atoms with E-state index in [1.165, 1.54) is 30.3 Å². The first-order chi connectivity index (χ1) is 9.41. The Morgan fingerprint density at radius 3 is 2.80 bits per heavy atom. The highest BCUT2D eigenvalue weighted by atomic mass is 19.4. The van der Waals surface area contributed by atoms with Crippen molar-refractivity contribution in [3.63, 3.8) is 0 Å². The molecule has 5 nitrogen and oxygen atoms in total. The van der Waals surface area contributed by atoms with Crippen molar-refractivity contribution >= 4 is 11.8 Å². The monoisotopic (exact) mass is 290 g/mol. The predicted molar refractivity (Wildman–Crippen MR) is 63.6 cm³/mol. The van der Waals surface area contributed by atoms with Gasteiger partial charge in [0.05, 0.1) is 25.8 Å². The highest BCUT2D eigenvalue weighted by Crippen LogP contribution is 2.27. The molecule has 8 heteroatoms. The van der Waals surface area contributed by atoms with E-state index in [0.29, 0.717) is 12.4 Å². The molecule has 0 aliphatic carbocycles. The fourth-order valence-electron chi connectivity index (χ4n) is 1.87. The van der Waals surface area contributed by atoms with Gasteiger partial charge in [-0.2, -0.15) is 13.2 Å². The van der Waals surface area contributed by atoms with E-state index in [9.17, 15) is 18.0 Å². The third-order valence-corrected chi connectivity index (χ3v) is 2.92. The summed E-state index contributed by atoms with van der Waals surface area (Å²) in [6, 6.07) is 2.96. The van der Waals surface area contributed by atoms with Crippen LogP contribution in [0.3, 0.4) is 0 Å². The number of carbonyl (C=O) groups excluding carboxylic acids is 1. The van der Waals surface area contributed by atoms with Crippen molar-refractivity contribution in [2.75, 3.05) is 31.7 Å². The van der Waals surface area contributed by atoms with E-state index in [1.54, 1.807) is 0 Å². The van der Waals surface area contributed by atoms with Crippen molar-refractivity contribution < 1.29 is 27.4 Å². The number of alkyl halides is 3. The second-order valence-electron chi connectivity index (χ2n) is 4.24. The number of anilines is 1. The van der Waals surface area contributed by atoms with Crippen LogP contribution in [0.2, 0.25) is 0 Å². The zero-order valence-electron chi connectivity index (χ0n) is 10.7. The molecule has 2 rings (SSSR count). The van der Waals surface area contributed by atoms with E-state index in [4.69, 9.17) is 4.74 Å². The standard InChI is InChI=1S/C12H13F3N2O3/c1-19-11(18)8-2-3-10(16-6-8)17-4-5-20-9(7-17)12(13,14)15/h2-3,6,9H,4-5,7H2,1H3/t9-/m0/s1. The van der Waals surface area contributed by atoms with Gasteiger partial charge in [-0.25, -0.2) is 9.78 Å². The molecule has 0 unspecified atom stereocenters. The van der Waals surface area contributed by atoms with Crippen LogP contribution in [0.25, 0.3) is 0 Å². The Morgan fingerprint density at radius 1 is 1.50 bits per heavy atom. The highest BCUT2D eigenvalue weighted by molar-refractivity contribution is 5.89. The average molecular weight is 290 g/mol. The van der Waals surface area contributed by atoms with Crippen molar-refractivity contribution in [3.8, 4) is 0 Å². The number of ether oxygens (including phenoxy) is 2. The number of methoxy groups -OCH3 is 1. The summed E-state index contributed by atoms with van der Waals surface area (Å²) in [6.45, 7) is -0.0180. The second-order valence-corrected chi connectivity index (χ2v) is 4.24. The molecule has 0 aromatic carbocycles. The molecule has 1 fully saturated rings. The molecule has 110 valence electrons. The Balaban J connectivity index is 2.09. The quantitative estimate of drug-likeness (QED) is 0.775. The van der Waals surface area contributed by atoms with Crippen LogP contribution in [0.15, 0.2) is 18.3 Å². The smallest absolute Gasteiger partial charge is 0.416 e. The fourth-order valence-corrected chi connectivity index (χ4v) is 1.87. The third-order valence-electron chi connectivity index (χ3n) is 2.92. The van der Waals surface area contributed by atoms with Crippen LogP contribution >= 0.6 is 0 Å². The molecule has 0 saturated carbocycles. The summed E-state index contributed by atoms with van der Waals surface area (Å²) in [4.78, 5) is 16.7. The molecule has 0 spiro atoms. The maximum absolute atomic E-state index is 12.6. The van der Waals surface area contributed by atoms with E-state index in [1.807, 2.05) is 0 Å². The van der Waals surface area contributed by atoms with Crippen LogP contribution in [0.4, 0.5) is 19.0 Å². The van der Waals surface area contributed by atoms with Crippen molar-refractivity contribution in [1.29, 1.82) is 0 Å². The van der Waals surface area contributed by atoms with E-state index >= 15 is 0 Å². The van der Waals surface area contributed by atoms with Gasteiger partial charge in [0.25, 0.3) is 0 Å². The van der Waals surface area contributed by atoms with Crippen molar-refractivity contribution in [2.45, 2.75) is 12.3 Å². The van der Waals surface area contributed by atoms with Gasteiger partial charge >= 0.3 is 12.1 Å². The van der Waals surface area contributed by atoms with Gasteiger partial charge in [-0.05, 0) is 12.1 Å². The minimum absolute atomic E-state index is 0.0232. The Labute approximate surface area is 113 Å². The number of halogens is 3. The number of morpholine rings is 1.